The first kappa shape index (κ1) is 20.9. The molecule has 2 heterocycles. The number of carbonyl (C=O) groups is 1. The highest BCUT2D eigenvalue weighted by molar-refractivity contribution is 5.95. The Labute approximate surface area is 182 Å². The molecule has 162 valence electrons. The summed E-state index contributed by atoms with van der Waals surface area (Å²) < 4.78 is 17.0. The van der Waals surface area contributed by atoms with Crippen LogP contribution in [-0.4, -0.2) is 49.6 Å². The van der Waals surface area contributed by atoms with E-state index in [1.807, 2.05) is 61.2 Å². The van der Waals surface area contributed by atoms with Crippen LogP contribution in [0.1, 0.15) is 17.0 Å². The number of rotatable bonds is 6. The van der Waals surface area contributed by atoms with Crippen LogP contribution in [0.3, 0.4) is 0 Å². The van der Waals surface area contributed by atoms with E-state index in [0.717, 1.165) is 40.6 Å². The Balaban J connectivity index is 1.51. The minimum Gasteiger partial charge on any atom is -0.496 e. The summed E-state index contributed by atoms with van der Waals surface area (Å²) in [4.78, 5) is 21.4. The lowest BCUT2D eigenvalue weighted by atomic mass is 10.1. The summed E-state index contributed by atoms with van der Waals surface area (Å²) in [5.74, 6) is 2.76. The van der Waals surface area contributed by atoms with Crippen molar-refractivity contribution < 1.29 is 18.7 Å². The molecular weight excluding hydrogens is 394 g/mol. The van der Waals surface area contributed by atoms with E-state index < -0.39 is 0 Å². The number of methoxy groups -OCH3 is 2. The number of anilines is 1. The van der Waals surface area contributed by atoms with Gasteiger partial charge in [-0.05, 0) is 38.1 Å². The summed E-state index contributed by atoms with van der Waals surface area (Å²) in [7, 11) is 3.26. The molecule has 0 atom stereocenters. The van der Waals surface area contributed by atoms with Gasteiger partial charge in [-0.2, -0.15) is 0 Å². The number of nitrogens with zero attached hydrogens (tertiary/aromatic N) is 3. The summed E-state index contributed by atoms with van der Waals surface area (Å²) in [5, 5.41) is 0. The molecule has 1 saturated heterocycles. The number of oxazole rings is 1. The minimum absolute atomic E-state index is 0.0891. The summed E-state index contributed by atoms with van der Waals surface area (Å²) in [6.07, 6.45) is 0. The highest BCUT2D eigenvalue weighted by Gasteiger charge is 2.27. The fourth-order valence-electron chi connectivity index (χ4n) is 3.97. The number of aromatic nitrogens is 1. The summed E-state index contributed by atoms with van der Waals surface area (Å²) in [6.45, 7) is 6.17. The van der Waals surface area contributed by atoms with E-state index in [1.165, 1.54) is 0 Å². The standard InChI is InChI=1S/C24H27N3O4/c1-16-21(29-3)11-10-19(23(16)30-4)24-25-20(17(2)31-24)14-26-12-13-27(22(28)15-26)18-8-6-5-7-9-18/h5-11H,12-15H2,1-4H3. The molecule has 0 saturated carbocycles. The van der Waals surface area contributed by atoms with Gasteiger partial charge in [0.2, 0.25) is 11.8 Å². The van der Waals surface area contributed by atoms with Crippen LogP contribution in [0.5, 0.6) is 11.5 Å². The Kier molecular flexibility index (Phi) is 5.95. The predicted octanol–water partition coefficient (Wildman–Crippen LogP) is 3.82. The van der Waals surface area contributed by atoms with E-state index in [9.17, 15) is 4.79 Å². The highest BCUT2D eigenvalue weighted by Crippen LogP contribution is 2.38. The van der Waals surface area contributed by atoms with Crippen molar-refractivity contribution in [2.75, 3.05) is 38.8 Å². The van der Waals surface area contributed by atoms with Crippen molar-refractivity contribution in [1.29, 1.82) is 0 Å². The van der Waals surface area contributed by atoms with Gasteiger partial charge in [0.15, 0.2) is 0 Å². The van der Waals surface area contributed by atoms with Crippen molar-refractivity contribution >= 4 is 11.6 Å². The molecule has 0 aliphatic carbocycles. The summed E-state index contributed by atoms with van der Waals surface area (Å²) in [5.41, 5.74) is 3.43. The number of piperazine rings is 1. The quantitative estimate of drug-likeness (QED) is 0.603. The van der Waals surface area contributed by atoms with E-state index in [1.54, 1.807) is 14.2 Å². The molecule has 1 aliphatic heterocycles. The van der Waals surface area contributed by atoms with E-state index in [0.29, 0.717) is 31.3 Å². The van der Waals surface area contributed by atoms with Crippen LogP contribution in [0.25, 0.3) is 11.5 Å². The number of carbonyl (C=O) groups excluding carboxylic acids is 1. The first-order valence-corrected chi connectivity index (χ1v) is 10.3. The lowest BCUT2D eigenvalue weighted by molar-refractivity contribution is -0.121. The molecule has 1 aromatic heterocycles. The van der Waals surface area contributed by atoms with Gasteiger partial charge in [0.1, 0.15) is 17.3 Å². The molecule has 1 aliphatic rings. The van der Waals surface area contributed by atoms with Gasteiger partial charge in [-0.1, -0.05) is 18.2 Å². The molecule has 4 rings (SSSR count). The van der Waals surface area contributed by atoms with Crippen LogP contribution < -0.4 is 14.4 Å². The van der Waals surface area contributed by atoms with Gasteiger partial charge in [-0.25, -0.2) is 4.98 Å². The Morgan fingerprint density at radius 2 is 1.81 bits per heavy atom. The Bertz CT molecular complexity index is 1080. The maximum atomic E-state index is 12.7. The number of ether oxygens (including phenoxy) is 2. The number of hydrogen-bond acceptors (Lipinski definition) is 6. The number of aryl methyl sites for hydroxylation is 1. The molecule has 3 aromatic rings. The molecule has 0 N–H and O–H groups in total. The molecule has 0 unspecified atom stereocenters. The topological polar surface area (TPSA) is 68.0 Å². The SMILES string of the molecule is COc1ccc(-c2nc(CN3CCN(c4ccccc4)C(=O)C3)c(C)o2)c(OC)c1C. The molecule has 1 fully saturated rings. The van der Waals surface area contributed by atoms with Crippen LogP contribution >= 0.6 is 0 Å². The van der Waals surface area contributed by atoms with Crippen LogP contribution in [0.2, 0.25) is 0 Å². The van der Waals surface area contributed by atoms with Gasteiger partial charge in [-0.3, -0.25) is 9.69 Å². The first-order valence-electron chi connectivity index (χ1n) is 10.3. The third-order valence-electron chi connectivity index (χ3n) is 5.64. The Morgan fingerprint density at radius 3 is 2.48 bits per heavy atom. The van der Waals surface area contributed by atoms with E-state index in [2.05, 4.69) is 4.90 Å². The smallest absolute Gasteiger partial charge is 0.241 e. The van der Waals surface area contributed by atoms with Crippen LogP contribution in [-0.2, 0) is 11.3 Å². The number of amides is 1. The Hall–Kier alpha value is -3.32. The second-order valence-corrected chi connectivity index (χ2v) is 7.59. The van der Waals surface area contributed by atoms with Crippen molar-refractivity contribution in [3.05, 3.63) is 59.5 Å². The molecule has 1 amide bonds. The fraction of sp³-hybridized carbons (Fsp3) is 0.333. The maximum absolute atomic E-state index is 12.7. The first-order chi connectivity index (χ1) is 15.0. The zero-order valence-corrected chi connectivity index (χ0v) is 18.3. The van der Waals surface area contributed by atoms with Gasteiger partial charge >= 0.3 is 0 Å². The zero-order valence-electron chi connectivity index (χ0n) is 18.3. The van der Waals surface area contributed by atoms with Crippen molar-refractivity contribution in [1.82, 2.24) is 9.88 Å². The molecule has 2 aromatic carbocycles. The predicted molar refractivity (Wildman–Crippen MR) is 119 cm³/mol. The molecule has 0 radical (unpaired) electrons. The molecule has 0 spiro atoms. The van der Waals surface area contributed by atoms with Crippen LogP contribution in [0.15, 0.2) is 46.9 Å². The van der Waals surface area contributed by atoms with Crippen molar-refractivity contribution in [3.8, 4) is 23.0 Å². The van der Waals surface area contributed by atoms with Crippen molar-refractivity contribution in [2.45, 2.75) is 20.4 Å². The van der Waals surface area contributed by atoms with E-state index in [4.69, 9.17) is 18.9 Å². The van der Waals surface area contributed by atoms with Gasteiger partial charge in [0.05, 0.1) is 32.0 Å². The monoisotopic (exact) mass is 421 g/mol. The molecule has 7 nitrogen and oxygen atoms in total. The highest BCUT2D eigenvalue weighted by atomic mass is 16.5. The Morgan fingerprint density at radius 1 is 1.03 bits per heavy atom. The van der Waals surface area contributed by atoms with E-state index >= 15 is 0 Å². The third kappa shape index (κ3) is 4.14. The van der Waals surface area contributed by atoms with Crippen LogP contribution in [0.4, 0.5) is 5.69 Å². The molecular formula is C24H27N3O4. The van der Waals surface area contributed by atoms with Gasteiger partial charge < -0.3 is 18.8 Å². The van der Waals surface area contributed by atoms with Gasteiger partial charge in [-0.15, -0.1) is 0 Å². The van der Waals surface area contributed by atoms with E-state index in [-0.39, 0.29) is 5.91 Å². The third-order valence-corrected chi connectivity index (χ3v) is 5.64. The largest absolute Gasteiger partial charge is 0.496 e. The van der Waals surface area contributed by atoms with Crippen molar-refractivity contribution in [3.63, 3.8) is 0 Å². The maximum Gasteiger partial charge on any atom is 0.241 e. The number of benzene rings is 2. The average molecular weight is 421 g/mol. The van der Waals surface area contributed by atoms with Gasteiger partial charge in [0, 0.05) is 30.9 Å². The zero-order chi connectivity index (χ0) is 22.0. The number of para-hydroxylation sites is 1. The average Bonchev–Trinajstić information content (AvgIpc) is 3.14. The van der Waals surface area contributed by atoms with Crippen LogP contribution in [0, 0.1) is 13.8 Å². The molecule has 31 heavy (non-hydrogen) atoms. The van der Waals surface area contributed by atoms with Crippen molar-refractivity contribution in [2.24, 2.45) is 0 Å². The molecule has 0 bridgehead atoms. The van der Waals surface area contributed by atoms with Gasteiger partial charge in [0.25, 0.3) is 0 Å². The second-order valence-electron chi connectivity index (χ2n) is 7.59. The normalized spacial score (nSPS) is 14.7. The fourth-order valence-corrected chi connectivity index (χ4v) is 3.97. The summed E-state index contributed by atoms with van der Waals surface area (Å²) >= 11 is 0. The number of hydrogen-bond donors (Lipinski definition) is 0. The second kappa shape index (κ2) is 8.81. The minimum atomic E-state index is 0.0891. The lowest BCUT2D eigenvalue weighted by Crippen LogP contribution is -2.50. The lowest BCUT2D eigenvalue weighted by Gasteiger charge is -2.34. The summed E-state index contributed by atoms with van der Waals surface area (Å²) in [6, 6.07) is 13.6. The molecule has 7 heteroatoms.